The van der Waals surface area contributed by atoms with Crippen LogP contribution in [0.25, 0.3) is 11.2 Å². The third-order valence-corrected chi connectivity index (χ3v) is 2.96. The average Bonchev–Trinajstić information content (AvgIpc) is 2.68. The Balaban J connectivity index is 2.36. The van der Waals surface area contributed by atoms with Gasteiger partial charge in [-0.15, -0.1) is 0 Å². The van der Waals surface area contributed by atoms with Crippen molar-refractivity contribution in [3.05, 3.63) is 10.5 Å². The first-order valence-electron chi connectivity index (χ1n) is 5.37. The zero-order valence-corrected chi connectivity index (χ0v) is 10.9. The molecule has 7 heteroatoms. The van der Waals surface area contributed by atoms with Gasteiger partial charge in [-0.1, -0.05) is 0 Å². The van der Waals surface area contributed by atoms with Crippen LogP contribution in [0.3, 0.4) is 0 Å². The quantitative estimate of drug-likeness (QED) is 0.798. The number of nitrogens with zero attached hydrogens (tertiary/aromatic N) is 3. The number of fused-ring (bicyclic) bond motifs is 1. The second kappa shape index (κ2) is 4.33. The largest absolute Gasteiger partial charge is 0.355 e. The van der Waals surface area contributed by atoms with Gasteiger partial charge in [-0.05, 0) is 19.1 Å². The Morgan fingerprint density at radius 3 is 2.94 bits per heavy atom. The Hall–Kier alpha value is -1.63. The van der Waals surface area contributed by atoms with Crippen molar-refractivity contribution in [2.75, 3.05) is 6.54 Å². The summed E-state index contributed by atoms with van der Waals surface area (Å²) in [6, 6.07) is 0. The van der Waals surface area contributed by atoms with Crippen LogP contribution in [-0.2, 0) is 18.4 Å². The summed E-state index contributed by atoms with van der Waals surface area (Å²) >= 11 is 5.26. The fourth-order valence-electron chi connectivity index (χ4n) is 1.92. The van der Waals surface area contributed by atoms with Crippen LogP contribution in [0.1, 0.15) is 12.6 Å². The van der Waals surface area contributed by atoms with E-state index < -0.39 is 0 Å². The first-order chi connectivity index (χ1) is 8.00. The summed E-state index contributed by atoms with van der Waals surface area (Å²) in [4.78, 5) is 14.0. The van der Waals surface area contributed by atoms with E-state index in [1.165, 1.54) is 6.92 Å². The predicted octanol–water partition coefficient (Wildman–Crippen LogP) is 0.877. The number of amides is 1. The molecule has 6 nitrogen and oxygen atoms in total. The van der Waals surface area contributed by atoms with Gasteiger partial charge in [0, 0.05) is 27.1 Å². The predicted molar refractivity (Wildman–Crippen MR) is 67.3 cm³/mol. The van der Waals surface area contributed by atoms with Gasteiger partial charge in [-0.3, -0.25) is 14.0 Å². The van der Waals surface area contributed by atoms with Crippen LogP contribution < -0.4 is 5.32 Å². The lowest BCUT2D eigenvalue weighted by atomic mass is 10.4. The second-order valence-corrected chi connectivity index (χ2v) is 4.36. The highest BCUT2D eigenvalue weighted by atomic mass is 32.1. The lowest BCUT2D eigenvalue weighted by molar-refractivity contribution is -0.118. The van der Waals surface area contributed by atoms with E-state index in [1.807, 2.05) is 18.5 Å². The van der Waals surface area contributed by atoms with Gasteiger partial charge < -0.3 is 10.3 Å². The SMILES string of the molecule is CC(=O)NCCn1c(=S)[nH]c2c(C)nn(C)c21. The van der Waals surface area contributed by atoms with Gasteiger partial charge >= 0.3 is 0 Å². The standard InChI is InChI=1S/C10H15N5OS/c1-6-8-9(14(3)13-6)15(10(17)12-8)5-4-11-7(2)16/h4-5H2,1-3H3,(H,11,16)(H,12,17). The zero-order chi connectivity index (χ0) is 12.6. The minimum atomic E-state index is -0.0375. The molecule has 0 aliphatic carbocycles. The summed E-state index contributed by atoms with van der Waals surface area (Å²) in [5.41, 5.74) is 2.84. The number of carbonyl (C=O) groups is 1. The van der Waals surface area contributed by atoms with Gasteiger partial charge in [0.05, 0.1) is 5.69 Å². The maximum absolute atomic E-state index is 10.8. The highest BCUT2D eigenvalue weighted by Gasteiger charge is 2.12. The Labute approximate surface area is 104 Å². The molecule has 0 fully saturated rings. The topological polar surface area (TPSA) is 67.6 Å². The monoisotopic (exact) mass is 253 g/mol. The van der Waals surface area contributed by atoms with Crippen LogP contribution in [0.4, 0.5) is 0 Å². The highest BCUT2D eigenvalue weighted by Crippen LogP contribution is 2.16. The third-order valence-electron chi connectivity index (χ3n) is 2.63. The summed E-state index contributed by atoms with van der Waals surface area (Å²) in [5, 5.41) is 7.08. The lowest BCUT2D eigenvalue weighted by Gasteiger charge is -2.05. The van der Waals surface area contributed by atoms with Crippen LogP contribution in [-0.4, -0.2) is 31.8 Å². The van der Waals surface area contributed by atoms with Crippen molar-refractivity contribution in [2.24, 2.45) is 7.05 Å². The van der Waals surface area contributed by atoms with Gasteiger partial charge in [0.25, 0.3) is 0 Å². The molecule has 0 bridgehead atoms. The molecule has 0 atom stereocenters. The van der Waals surface area contributed by atoms with Crippen molar-refractivity contribution in [1.82, 2.24) is 24.6 Å². The van der Waals surface area contributed by atoms with Crippen molar-refractivity contribution < 1.29 is 4.79 Å². The van der Waals surface area contributed by atoms with Crippen molar-refractivity contribution in [2.45, 2.75) is 20.4 Å². The van der Waals surface area contributed by atoms with E-state index in [0.717, 1.165) is 16.9 Å². The summed E-state index contributed by atoms with van der Waals surface area (Å²) in [7, 11) is 1.88. The molecule has 2 aromatic rings. The first-order valence-corrected chi connectivity index (χ1v) is 5.78. The smallest absolute Gasteiger partial charge is 0.216 e. The molecule has 0 spiro atoms. The number of aromatic nitrogens is 4. The van der Waals surface area contributed by atoms with E-state index in [1.54, 1.807) is 4.68 Å². The van der Waals surface area contributed by atoms with E-state index in [0.29, 0.717) is 17.9 Å². The fraction of sp³-hybridized carbons (Fsp3) is 0.500. The molecule has 92 valence electrons. The maximum Gasteiger partial charge on any atom is 0.216 e. The Bertz CT molecular complexity index is 620. The van der Waals surface area contributed by atoms with Crippen LogP contribution in [0.15, 0.2) is 0 Å². The van der Waals surface area contributed by atoms with E-state index in [2.05, 4.69) is 15.4 Å². The molecule has 0 aliphatic heterocycles. The number of aryl methyl sites for hydroxylation is 2. The Morgan fingerprint density at radius 1 is 1.59 bits per heavy atom. The minimum Gasteiger partial charge on any atom is -0.355 e. The molecule has 0 aromatic carbocycles. The lowest BCUT2D eigenvalue weighted by Crippen LogP contribution is -2.24. The molecule has 0 radical (unpaired) electrons. The molecule has 0 unspecified atom stereocenters. The normalized spacial score (nSPS) is 11.0. The molecule has 0 saturated heterocycles. The maximum atomic E-state index is 10.8. The van der Waals surface area contributed by atoms with Crippen LogP contribution in [0, 0.1) is 11.7 Å². The number of aromatic amines is 1. The summed E-state index contributed by atoms with van der Waals surface area (Å²) in [5.74, 6) is -0.0375. The van der Waals surface area contributed by atoms with Crippen molar-refractivity contribution in [1.29, 1.82) is 0 Å². The summed E-state index contributed by atoms with van der Waals surface area (Å²) in [6.45, 7) is 4.63. The zero-order valence-electron chi connectivity index (χ0n) is 10.1. The molecule has 0 aliphatic rings. The Morgan fingerprint density at radius 2 is 2.29 bits per heavy atom. The average molecular weight is 253 g/mol. The molecule has 2 heterocycles. The number of hydrogen-bond acceptors (Lipinski definition) is 3. The van der Waals surface area contributed by atoms with Crippen LogP contribution in [0.5, 0.6) is 0 Å². The van der Waals surface area contributed by atoms with Crippen molar-refractivity contribution >= 4 is 29.3 Å². The van der Waals surface area contributed by atoms with Gasteiger partial charge in [-0.2, -0.15) is 5.10 Å². The number of imidazole rings is 1. The number of carbonyl (C=O) groups excluding carboxylic acids is 1. The second-order valence-electron chi connectivity index (χ2n) is 3.97. The van der Waals surface area contributed by atoms with Gasteiger partial charge in [0.1, 0.15) is 5.52 Å². The number of H-pyrrole nitrogens is 1. The Kier molecular flexibility index (Phi) is 3.01. The van der Waals surface area contributed by atoms with E-state index in [4.69, 9.17) is 12.2 Å². The molecule has 2 rings (SSSR count). The molecule has 2 aromatic heterocycles. The highest BCUT2D eigenvalue weighted by molar-refractivity contribution is 7.71. The van der Waals surface area contributed by atoms with Crippen LogP contribution in [0.2, 0.25) is 0 Å². The molecule has 0 saturated carbocycles. The molecule has 17 heavy (non-hydrogen) atoms. The van der Waals surface area contributed by atoms with Gasteiger partial charge in [0.15, 0.2) is 10.4 Å². The molecule has 2 N–H and O–H groups in total. The van der Waals surface area contributed by atoms with Crippen molar-refractivity contribution in [3.63, 3.8) is 0 Å². The van der Waals surface area contributed by atoms with E-state index >= 15 is 0 Å². The molecular formula is C10H15N5OS. The van der Waals surface area contributed by atoms with E-state index in [9.17, 15) is 4.79 Å². The number of nitrogens with one attached hydrogen (secondary N) is 2. The van der Waals surface area contributed by atoms with Gasteiger partial charge in [-0.25, -0.2) is 0 Å². The summed E-state index contributed by atoms with van der Waals surface area (Å²) in [6.07, 6.45) is 0. The number of rotatable bonds is 3. The first kappa shape index (κ1) is 11.8. The third kappa shape index (κ3) is 2.10. The van der Waals surface area contributed by atoms with Gasteiger partial charge in [0.2, 0.25) is 5.91 Å². The molecule has 1 amide bonds. The minimum absolute atomic E-state index is 0.0375. The number of hydrogen-bond donors (Lipinski definition) is 2. The van der Waals surface area contributed by atoms with Crippen molar-refractivity contribution in [3.8, 4) is 0 Å². The van der Waals surface area contributed by atoms with E-state index in [-0.39, 0.29) is 5.91 Å². The van der Waals surface area contributed by atoms with Crippen LogP contribution >= 0.6 is 12.2 Å². The fourth-order valence-corrected chi connectivity index (χ4v) is 2.20. The molecular weight excluding hydrogens is 238 g/mol. The summed E-state index contributed by atoms with van der Waals surface area (Å²) < 4.78 is 4.40.